The SMILES string of the molecule is O=CC(c1cccc(C(F)(F)F)c1)C1CCCOC1. The Hall–Kier alpha value is -1.36. The number of rotatable bonds is 3. The van der Waals surface area contributed by atoms with E-state index in [2.05, 4.69) is 0 Å². The molecule has 5 heteroatoms. The number of carbonyl (C=O) groups is 1. The van der Waals surface area contributed by atoms with Crippen molar-refractivity contribution in [1.29, 1.82) is 0 Å². The van der Waals surface area contributed by atoms with Crippen molar-refractivity contribution in [3.8, 4) is 0 Å². The zero-order valence-corrected chi connectivity index (χ0v) is 10.3. The molecule has 2 unspecified atom stereocenters. The van der Waals surface area contributed by atoms with Crippen molar-refractivity contribution in [2.75, 3.05) is 13.2 Å². The smallest absolute Gasteiger partial charge is 0.381 e. The normalized spacial score (nSPS) is 21.9. The van der Waals surface area contributed by atoms with Crippen molar-refractivity contribution in [3.63, 3.8) is 0 Å². The molecule has 1 fully saturated rings. The lowest BCUT2D eigenvalue weighted by Crippen LogP contribution is -2.25. The molecule has 0 radical (unpaired) electrons. The van der Waals surface area contributed by atoms with Crippen molar-refractivity contribution in [2.45, 2.75) is 24.9 Å². The lowest BCUT2D eigenvalue weighted by atomic mass is 9.83. The van der Waals surface area contributed by atoms with Gasteiger partial charge in [0.15, 0.2) is 0 Å². The molecule has 2 atom stereocenters. The standard InChI is InChI=1S/C14H15F3O2/c15-14(16,17)12-5-1-3-10(7-12)13(8-18)11-4-2-6-19-9-11/h1,3,5,7-8,11,13H,2,4,6,9H2. The minimum atomic E-state index is -4.38. The second-order valence-corrected chi connectivity index (χ2v) is 4.76. The van der Waals surface area contributed by atoms with Crippen LogP contribution < -0.4 is 0 Å². The van der Waals surface area contributed by atoms with E-state index >= 15 is 0 Å². The van der Waals surface area contributed by atoms with Gasteiger partial charge in [-0.05, 0) is 30.4 Å². The van der Waals surface area contributed by atoms with Gasteiger partial charge in [-0.25, -0.2) is 0 Å². The highest BCUT2D eigenvalue weighted by atomic mass is 19.4. The van der Waals surface area contributed by atoms with Crippen LogP contribution in [0.1, 0.15) is 29.9 Å². The third-order valence-corrected chi connectivity index (χ3v) is 3.45. The molecule has 19 heavy (non-hydrogen) atoms. The van der Waals surface area contributed by atoms with Gasteiger partial charge in [-0.2, -0.15) is 13.2 Å². The van der Waals surface area contributed by atoms with Crippen LogP contribution in [0.5, 0.6) is 0 Å². The fourth-order valence-corrected chi connectivity index (χ4v) is 2.43. The van der Waals surface area contributed by atoms with E-state index in [-0.39, 0.29) is 5.92 Å². The fraction of sp³-hybridized carbons (Fsp3) is 0.500. The van der Waals surface area contributed by atoms with Gasteiger partial charge in [0.05, 0.1) is 12.2 Å². The van der Waals surface area contributed by atoms with Crippen LogP contribution in [-0.2, 0) is 15.7 Å². The molecule has 0 aliphatic carbocycles. The van der Waals surface area contributed by atoms with Gasteiger partial charge in [0.25, 0.3) is 0 Å². The van der Waals surface area contributed by atoms with Crippen LogP contribution in [-0.4, -0.2) is 19.5 Å². The van der Waals surface area contributed by atoms with E-state index in [9.17, 15) is 18.0 Å². The highest BCUT2D eigenvalue weighted by molar-refractivity contribution is 5.63. The molecule has 2 nitrogen and oxygen atoms in total. The Balaban J connectivity index is 2.25. The second-order valence-electron chi connectivity index (χ2n) is 4.76. The topological polar surface area (TPSA) is 26.3 Å². The number of ether oxygens (including phenoxy) is 1. The molecule has 2 rings (SSSR count). The van der Waals surface area contributed by atoms with E-state index in [1.807, 2.05) is 0 Å². The van der Waals surface area contributed by atoms with Crippen LogP contribution in [0, 0.1) is 5.92 Å². The Morgan fingerprint density at radius 3 is 2.74 bits per heavy atom. The van der Waals surface area contributed by atoms with Crippen molar-refractivity contribution >= 4 is 6.29 Å². The van der Waals surface area contributed by atoms with E-state index in [0.29, 0.717) is 18.8 Å². The maximum Gasteiger partial charge on any atom is 0.416 e. The number of hydrogen-bond acceptors (Lipinski definition) is 2. The summed E-state index contributed by atoms with van der Waals surface area (Å²) in [7, 11) is 0. The van der Waals surface area contributed by atoms with Crippen LogP contribution >= 0.6 is 0 Å². The van der Waals surface area contributed by atoms with Crippen LogP contribution in [0.2, 0.25) is 0 Å². The van der Waals surface area contributed by atoms with Crippen molar-refractivity contribution in [2.24, 2.45) is 5.92 Å². The number of aldehydes is 1. The van der Waals surface area contributed by atoms with Gasteiger partial charge in [-0.1, -0.05) is 18.2 Å². The van der Waals surface area contributed by atoms with Crippen LogP contribution in [0.25, 0.3) is 0 Å². The molecule has 0 bridgehead atoms. The van der Waals surface area contributed by atoms with E-state index in [1.165, 1.54) is 6.07 Å². The lowest BCUT2D eigenvalue weighted by molar-refractivity contribution is -0.137. The molecule has 0 spiro atoms. The predicted molar refractivity (Wildman–Crippen MR) is 63.8 cm³/mol. The van der Waals surface area contributed by atoms with Crippen LogP contribution in [0.4, 0.5) is 13.2 Å². The summed E-state index contributed by atoms with van der Waals surface area (Å²) in [6, 6.07) is 5.00. The molecule has 1 heterocycles. The Morgan fingerprint density at radius 2 is 2.16 bits per heavy atom. The van der Waals surface area contributed by atoms with Gasteiger partial charge in [0.1, 0.15) is 6.29 Å². The summed E-state index contributed by atoms with van der Waals surface area (Å²) < 4.78 is 43.3. The minimum Gasteiger partial charge on any atom is -0.381 e. The Bertz CT molecular complexity index is 437. The largest absolute Gasteiger partial charge is 0.416 e. The molecule has 104 valence electrons. The summed E-state index contributed by atoms with van der Waals surface area (Å²) in [6.07, 6.45) is -2.00. The Morgan fingerprint density at radius 1 is 1.37 bits per heavy atom. The maximum atomic E-state index is 12.7. The van der Waals surface area contributed by atoms with Crippen LogP contribution in [0.3, 0.4) is 0 Å². The second kappa shape index (κ2) is 5.74. The summed E-state index contributed by atoms with van der Waals surface area (Å²) in [6.45, 7) is 1.09. The number of hydrogen-bond donors (Lipinski definition) is 0. The van der Waals surface area contributed by atoms with Gasteiger partial charge in [-0.15, -0.1) is 0 Å². The Kier molecular flexibility index (Phi) is 4.24. The molecule has 1 aliphatic rings. The van der Waals surface area contributed by atoms with Crippen molar-refractivity contribution in [1.82, 2.24) is 0 Å². The molecular weight excluding hydrogens is 257 g/mol. The summed E-state index contributed by atoms with van der Waals surface area (Å²) in [5, 5.41) is 0. The first-order valence-electron chi connectivity index (χ1n) is 6.22. The minimum absolute atomic E-state index is 0.0327. The number of benzene rings is 1. The van der Waals surface area contributed by atoms with Crippen LogP contribution in [0.15, 0.2) is 24.3 Å². The van der Waals surface area contributed by atoms with Crippen molar-refractivity contribution < 1.29 is 22.7 Å². The van der Waals surface area contributed by atoms with Gasteiger partial charge in [0, 0.05) is 12.5 Å². The highest BCUT2D eigenvalue weighted by Gasteiger charge is 2.32. The average molecular weight is 272 g/mol. The lowest BCUT2D eigenvalue weighted by Gasteiger charge is -2.27. The van der Waals surface area contributed by atoms with Gasteiger partial charge < -0.3 is 9.53 Å². The first kappa shape index (κ1) is 14.1. The summed E-state index contributed by atoms with van der Waals surface area (Å²) in [4.78, 5) is 11.2. The third-order valence-electron chi connectivity index (χ3n) is 3.45. The average Bonchev–Trinajstić information content (AvgIpc) is 2.40. The van der Waals surface area contributed by atoms with E-state index in [4.69, 9.17) is 4.74 Å². The van der Waals surface area contributed by atoms with E-state index in [1.54, 1.807) is 6.07 Å². The summed E-state index contributed by atoms with van der Waals surface area (Å²) in [5.41, 5.74) is -0.297. The third kappa shape index (κ3) is 3.35. The molecular formula is C14H15F3O2. The van der Waals surface area contributed by atoms with E-state index < -0.39 is 17.7 Å². The number of alkyl halides is 3. The molecule has 0 saturated carbocycles. The zero-order valence-electron chi connectivity index (χ0n) is 10.3. The quantitative estimate of drug-likeness (QED) is 0.788. The molecule has 0 amide bonds. The van der Waals surface area contributed by atoms with Crippen molar-refractivity contribution in [3.05, 3.63) is 35.4 Å². The summed E-state index contributed by atoms with van der Waals surface area (Å²) in [5.74, 6) is -0.558. The molecule has 0 N–H and O–H groups in total. The monoisotopic (exact) mass is 272 g/mol. The summed E-state index contributed by atoms with van der Waals surface area (Å²) >= 11 is 0. The molecule has 1 saturated heterocycles. The molecule has 1 aromatic rings. The zero-order chi connectivity index (χ0) is 13.9. The first-order valence-corrected chi connectivity index (χ1v) is 6.22. The fourth-order valence-electron chi connectivity index (χ4n) is 2.43. The molecule has 0 aromatic heterocycles. The number of halogens is 3. The van der Waals surface area contributed by atoms with Gasteiger partial charge >= 0.3 is 6.18 Å². The number of carbonyl (C=O) groups excluding carboxylic acids is 1. The molecule has 1 aliphatic heterocycles. The van der Waals surface area contributed by atoms with Gasteiger partial charge in [-0.3, -0.25) is 0 Å². The van der Waals surface area contributed by atoms with E-state index in [0.717, 1.165) is 31.3 Å². The Labute approximate surface area is 109 Å². The predicted octanol–water partition coefficient (Wildman–Crippen LogP) is 3.41. The highest BCUT2D eigenvalue weighted by Crippen LogP contribution is 2.34. The first-order chi connectivity index (χ1) is 9.02. The maximum absolute atomic E-state index is 12.7. The molecule has 1 aromatic carbocycles. The van der Waals surface area contributed by atoms with Gasteiger partial charge in [0.2, 0.25) is 0 Å².